The SMILES string of the molecule is Cc1nc(-c2ccco2)nc2sc(C(=O)NCc3ccc(N4CCCC4)nc3)c(C)c12. The van der Waals surface area contributed by atoms with E-state index in [2.05, 4.69) is 25.2 Å². The molecule has 1 N–H and O–H groups in total. The zero-order chi connectivity index (χ0) is 21.4. The van der Waals surface area contributed by atoms with Gasteiger partial charge in [-0.05, 0) is 56.0 Å². The highest BCUT2D eigenvalue weighted by molar-refractivity contribution is 7.20. The van der Waals surface area contributed by atoms with Gasteiger partial charge in [-0.25, -0.2) is 15.0 Å². The molecule has 1 saturated heterocycles. The second kappa shape index (κ2) is 8.11. The molecule has 0 atom stereocenters. The number of fused-ring (bicyclic) bond motifs is 1. The molecule has 5 heterocycles. The average Bonchev–Trinajstić information content (AvgIpc) is 3.54. The van der Waals surface area contributed by atoms with Crippen LogP contribution in [0.1, 0.15) is 39.3 Å². The van der Waals surface area contributed by atoms with Gasteiger partial charge in [-0.2, -0.15) is 0 Å². The van der Waals surface area contributed by atoms with Gasteiger partial charge in [-0.1, -0.05) is 6.07 Å². The highest BCUT2D eigenvalue weighted by atomic mass is 32.1. The van der Waals surface area contributed by atoms with E-state index in [0.29, 0.717) is 23.0 Å². The fourth-order valence-corrected chi connectivity index (χ4v) is 5.14. The molecule has 158 valence electrons. The van der Waals surface area contributed by atoms with Gasteiger partial charge in [0.25, 0.3) is 5.91 Å². The molecule has 7 nitrogen and oxygen atoms in total. The van der Waals surface area contributed by atoms with Crippen LogP contribution in [0.5, 0.6) is 0 Å². The number of carbonyl (C=O) groups excluding carboxylic acids is 1. The molecule has 5 rings (SSSR count). The van der Waals surface area contributed by atoms with Crippen molar-refractivity contribution in [2.45, 2.75) is 33.2 Å². The second-order valence-corrected chi connectivity index (χ2v) is 8.75. The molecular formula is C23H23N5O2S. The number of amides is 1. The third kappa shape index (κ3) is 3.79. The summed E-state index contributed by atoms with van der Waals surface area (Å²) < 4.78 is 5.43. The highest BCUT2D eigenvalue weighted by Gasteiger charge is 2.20. The molecule has 0 aromatic carbocycles. The number of nitrogens with zero attached hydrogens (tertiary/aromatic N) is 4. The molecule has 8 heteroatoms. The van der Waals surface area contributed by atoms with Crippen LogP contribution in [0, 0.1) is 13.8 Å². The summed E-state index contributed by atoms with van der Waals surface area (Å²) >= 11 is 1.38. The third-order valence-corrected chi connectivity index (χ3v) is 6.80. The number of furan rings is 1. The predicted octanol–water partition coefficient (Wildman–Crippen LogP) is 4.49. The van der Waals surface area contributed by atoms with Crippen molar-refractivity contribution in [2.24, 2.45) is 0 Å². The van der Waals surface area contributed by atoms with E-state index < -0.39 is 0 Å². The minimum atomic E-state index is -0.108. The molecule has 0 aliphatic carbocycles. The van der Waals surface area contributed by atoms with Crippen molar-refractivity contribution in [3.05, 3.63) is 58.4 Å². The Balaban J connectivity index is 1.33. The fraction of sp³-hybridized carbons (Fsp3) is 0.304. The number of nitrogens with one attached hydrogen (secondary N) is 1. The van der Waals surface area contributed by atoms with Gasteiger partial charge in [0.2, 0.25) is 0 Å². The average molecular weight is 434 g/mol. The minimum absolute atomic E-state index is 0.108. The maximum atomic E-state index is 12.9. The van der Waals surface area contributed by atoms with Crippen molar-refractivity contribution >= 4 is 33.3 Å². The summed E-state index contributed by atoms with van der Waals surface area (Å²) in [7, 11) is 0. The molecule has 1 amide bonds. The van der Waals surface area contributed by atoms with Gasteiger partial charge >= 0.3 is 0 Å². The number of aryl methyl sites for hydroxylation is 2. The van der Waals surface area contributed by atoms with Crippen LogP contribution in [0.4, 0.5) is 5.82 Å². The van der Waals surface area contributed by atoms with Crippen molar-refractivity contribution in [3.63, 3.8) is 0 Å². The number of pyridine rings is 1. The van der Waals surface area contributed by atoms with Crippen molar-refractivity contribution in [3.8, 4) is 11.6 Å². The number of hydrogen-bond donors (Lipinski definition) is 1. The first kappa shape index (κ1) is 19.7. The number of carbonyl (C=O) groups is 1. The summed E-state index contributed by atoms with van der Waals surface area (Å²) in [6.07, 6.45) is 5.89. The Morgan fingerprint density at radius 2 is 2.03 bits per heavy atom. The number of thiophene rings is 1. The molecular weight excluding hydrogens is 410 g/mol. The van der Waals surface area contributed by atoms with E-state index in [1.54, 1.807) is 6.26 Å². The Bertz CT molecular complexity index is 1230. The van der Waals surface area contributed by atoms with Crippen LogP contribution >= 0.6 is 11.3 Å². The molecule has 1 aliphatic heterocycles. The first-order valence-corrected chi connectivity index (χ1v) is 11.2. The topological polar surface area (TPSA) is 84.1 Å². The maximum Gasteiger partial charge on any atom is 0.261 e. The fourth-order valence-electron chi connectivity index (χ4n) is 3.99. The van der Waals surface area contributed by atoms with Crippen LogP contribution < -0.4 is 10.2 Å². The summed E-state index contributed by atoms with van der Waals surface area (Å²) in [4.78, 5) is 30.4. The highest BCUT2D eigenvalue weighted by Crippen LogP contribution is 2.33. The minimum Gasteiger partial charge on any atom is -0.461 e. The molecule has 0 bridgehead atoms. The zero-order valence-electron chi connectivity index (χ0n) is 17.5. The van der Waals surface area contributed by atoms with Crippen molar-refractivity contribution in [2.75, 3.05) is 18.0 Å². The second-order valence-electron chi connectivity index (χ2n) is 7.75. The van der Waals surface area contributed by atoms with E-state index in [0.717, 1.165) is 45.9 Å². The lowest BCUT2D eigenvalue weighted by molar-refractivity contribution is 0.0954. The largest absolute Gasteiger partial charge is 0.461 e. The first-order chi connectivity index (χ1) is 15.1. The Hall–Kier alpha value is -3.26. The van der Waals surface area contributed by atoms with Crippen LogP contribution in [-0.2, 0) is 6.54 Å². The molecule has 1 aliphatic rings. The lowest BCUT2D eigenvalue weighted by Crippen LogP contribution is -2.23. The zero-order valence-corrected chi connectivity index (χ0v) is 18.3. The van der Waals surface area contributed by atoms with Gasteiger partial charge in [-0.3, -0.25) is 4.79 Å². The van der Waals surface area contributed by atoms with Gasteiger partial charge in [-0.15, -0.1) is 11.3 Å². The maximum absolute atomic E-state index is 12.9. The summed E-state index contributed by atoms with van der Waals surface area (Å²) in [5, 5.41) is 3.95. The number of hydrogen-bond acceptors (Lipinski definition) is 7. The Labute approximate surface area is 184 Å². The van der Waals surface area contributed by atoms with Gasteiger partial charge in [0.1, 0.15) is 10.6 Å². The smallest absolute Gasteiger partial charge is 0.261 e. The number of rotatable bonds is 5. The molecule has 0 radical (unpaired) electrons. The Morgan fingerprint density at radius 3 is 2.74 bits per heavy atom. The van der Waals surface area contributed by atoms with E-state index in [9.17, 15) is 4.79 Å². The van der Waals surface area contributed by atoms with E-state index in [1.165, 1.54) is 24.2 Å². The summed E-state index contributed by atoms with van der Waals surface area (Å²) in [6, 6.07) is 7.71. The number of anilines is 1. The predicted molar refractivity (Wildman–Crippen MR) is 121 cm³/mol. The van der Waals surface area contributed by atoms with E-state index in [-0.39, 0.29) is 5.91 Å². The van der Waals surface area contributed by atoms with Crippen molar-refractivity contribution < 1.29 is 9.21 Å². The summed E-state index contributed by atoms with van der Waals surface area (Å²) in [5.41, 5.74) is 2.72. The van der Waals surface area contributed by atoms with Gasteiger partial charge in [0, 0.05) is 31.2 Å². The van der Waals surface area contributed by atoms with Crippen LogP contribution in [0.15, 0.2) is 41.1 Å². The van der Waals surface area contributed by atoms with Gasteiger partial charge < -0.3 is 14.6 Å². The molecule has 0 unspecified atom stereocenters. The normalized spacial score (nSPS) is 13.8. The van der Waals surface area contributed by atoms with Gasteiger partial charge in [0.05, 0.1) is 16.8 Å². The summed E-state index contributed by atoms with van der Waals surface area (Å²) in [5.74, 6) is 2.05. The molecule has 0 spiro atoms. The van der Waals surface area contributed by atoms with Crippen LogP contribution in [0.2, 0.25) is 0 Å². The van der Waals surface area contributed by atoms with Crippen LogP contribution in [0.25, 0.3) is 21.8 Å². The van der Waals surface area contributed by atoms with E-state index in [1.807, 2.05) is 44.3 Å². The van der Waals surface area contributed by atoms with Crippen molar-refractivity contribution in [1.82, 2.24) is 20.3 Å². The lowest BCUT2D eigenvalue weighted by Gasteiger charge is -2.16. The van der Waals surface area contributed by atoms with E-state index >= 15 is 0 Å². The van der Waals surface area contributed by atoms with E-state index in [4.69, 9.17) is 4.42 Å². The van der Waals surface area contributed by atoms with Crippen molar-refractivity contribution in [1.29, 1.82) is 0 Å². The molecule has 4 aromatic heterocycles. The van der Waals surface area contributed by atoms with Crippen LogP contribution in [-0.4, -0.2) is 33.9 Å². The standard InChI is InChI=1S/C23H23N5O2S/c1-14-19-15(2)26-21(17-6-5-11-30-17)27-23(19)31-20(14)22(29)25-13-16-7-8-18(24-12-16)28-9-3-4-10-28/h5-8,11-12H,3-4,9-10,13H2,1-2H3,(H,25,29). The quantitative estimate of drug-likeness (QED) is 0.499. The monoisotopic (exact) mass is 433 g/mol. The Kier molecular flexibility index (Phi) is 5.15. The molecule has 0 saturated carbocycles. The first-order valence-electron chi connectivity index (χ1n) is 10.4. The lowest BCUT2D eigenvalue weighted by atomic mass is 10.1. The van der Waals surface area contributed by atoms with Gasteiger partial charge in [0.15, 0.2) is 11.6 Å². The molecule has 31 heavy (non-hydrogen) atoms. The number of aromatic nitrogens is 3. The molecule has 4 aromatic rings. The molecule has 1 fully saturated rings. The Morgan fingerprint density at radius 1 is 1.19 bits per heavy atom. The van der Waals surface area contributed by atoms with Crippen LogP contribution in [0.3, 0.4) is 0 Å². The summed E-state index contributed by atoms with van der Waals surface area (Å²) in [6.45, 7) is 6.45. The third-order valence-electron chi connectivity index (χ3n) is 5.61.